The highest BCUT2D eigenvalue weighted by Crippen LogP contribution is 2.30. The van der Waals surface area contributed by atoms with Crippen molar-refractivity contribution in [3.63, 3.8) is 0 Å². The first-order chi connectivity index (χ1) is 13.9. The van der Waals surface area contributed by atoms with Crippen molar-refractivity contribution < 1.29 is 14.4 Å². The number of rotatable bonds is 7. The van der Waals surface area contributed by atoms with Crippen LogP contribution in [0.4, 0.5) is 11.4 Å². The minimum atomic E-state index is -0.559. The van der Waals surface area contributed by atoms with Crippen LogP contribution in [0.1, 0.15) is 31.4 Å². The molecule has 1 aliphatic heterocycles. The fourth-order valence-electron chi connectivity index (χ4n) is 3.35. The van der Waals surface area contributed by atoms with Crippen LogP contribution in [0.2, 0.25) is 5.02 Å². The van der Waals surface area contributed by atoms with Gasteiger partial charge in [0.15, 0.2) is 0 Å². The molecule has 3 amide bonds. The Hall–Kier alpha value is -2.31. The number of amides is 3. The zero-order valence-corrected chi connectivity index (χ0v) is 18.0. The van der Waals surface area contributed by atoms with Gasteiger partial charge in [-0.15, -0.1) is 11.8 Å². The zero-order chi connectivity index (χ0) is 21.0. The minimum Gasteiger partial charge on any atom is -0.325 e. The van der Waals surface area contributed by atoms with Gasteiger partial charge in [-0.05, 0) is 48.2 Å². The van der Waals surface area contributed by atoms with Gasteiger partial charge in [0.2, 0.25) is 17.7 Å². The molecule has 0 saturated carbocycles. The number of hydrogen-bond donors (Lipinski definition) is 1. The summed E-state index contributed by atoms with van der Waals surface area (Å²) in [5, 5.41) is 2.97. The van der Waals surface area contributed by atoms with Crippen molar-refractivity contribution in [1.29, 1.82) is 0 Å². The first-order valence-electron chi connectivity index (χ1n) is 9.59. The van der Waals surface area contributed by atoms with E-state index in [1.54, 1.807) is 24.3 Å². The molecule has 1 fully saturated rings. The summed E-state index contributed by atoms with van der Waals surface area (Å²) >= 11 is 7.08. The number of anilines is 2. The van der Waals surface area contributed by atoms with Crippen molar-refractivity contribution in [3.8, 4) is 0 Å². The molecule has 1 N–H and O–H groups in total. The van der Waals surface area contributed by atoms with Crippen molar-refractivity contribution in [2.45, 2.75) is 38.4 Å². The third-order valence-corrected chi connectivity index (χ3v) is 6.32. The molecule has 7 heteroatoms. The topological polar surface area (TPSA) is 66.5 Å². The summed E-state index contributed by atoms with van der Waals surface area (Å²) in [6.45, 7) is 4.10. The number of benzene rings is 2. The van der Waals surface area contributed by atoms with Gasteiger partial charge >= 0.3 is 0 Å². The second-order valence-electron chi connectivity index (χ2n) is 6.75. The predicted molar refractivity (Wildman–Crippen MR) is 119 cm³/mol. The fourth-order valence-corrected chi connectivity index (χ4v) is 4.41. The van der Waals surface area contributed by atoms with Crippen LogP contribution in [0.5, 0.6) is 0 Å². The molecule has 3 rings (SSSR count). The fraction of sp³-hybridized carbons (Fsp3) is 0.318. The molecule has 152 valence electrons. The Bertz CT molecular complexity index is 908. The van der Waals surface area contributed by atoms with E-state index in [1.165, 1.54) is 16.7 Å². The van der Waals surface area contributed by atoms with Gasteiger partial charge in [-0.3, -0.25) is 14.4 Å². The van der Waals surface area contributed by atoms with Crippen molar-refractivity contribution in [2.75, 3.05) is 16.0 Å². The number of aryl methyl sites for hydroxylation is 2. The largest absolute Gasteiger partial charge is 0.325 e. The third kappa shape index (κ3) is 4.82. The monoisotopic (exact) mass is 430 g/mol. The Balaban J connectivity index is 1.63. The lowest BCUT2D eigenvalue weighted by Gasteiger charge is -2.16. The molecule has 0 aromatic heterocycles. The summed E-state index contributed by atoms with van der Waals surface area (Å²) in [5.74, 6) is -0.617. The maximum atomic E-state index is 12.7. The maximum Gasteiger partial charge on any atom is 0.247 e. The maximum absolute atomic E-state index is 12.7. The molecule has 2 aromatic carbocycles. The van der Waals surface area contributed by atoms with E-state index in [9.17, 15) is 14.4 Å². The number of carbonyl (C=O) groups is 3. The van der Waals surface area contributed by atoms with Crippen LogP contribution in [0.25, 0.3) is 0 Å². The standard InChI is InChI=1S/C22H23ClN2O3S/c1-3-14-6-5-7-15(4-2)21(14)24-19(26)13-29-18-12-20(27)25(22(18)28)17-10-8-16(23)9-11-17/h5-11,18H,3-4,12-13H2,1-2H3,(H,24,26). The molecule has 0 radical (unpaired) electrons. The molecule has 1 heterocycles. The molecule has 1 aliphatic rings. The Kier molecular flexibility index (Phi) is 6.98. The SMILES string of the molecule is CCc1cccc(CC)c1NC(=O)CSC1CC(=O)N(c2ccc(Cl)cc2)C1=O. The lowest BCUT2D eigenvalue weighted by atomic mass is 10.0. The highest BCUT2D eigenvalue weighted by atomic mass is 35.5. The number of hydrogen-bond acceptors (Lipinski definition) is 4. The number of para-hydroxylation sites is 1. The van der Waals surface area contributed by atoms with E-state index in [0.29, 0.717) is 10.7 Å². The highest BCUT2D eigenvalue weighted by molar-refractivity contribution is 8.01. The summed E-state index contributed by atoms with van der Waals surface area (Å²) in [6, 6.07) is 12.6. The molecular weight excluding hydrogens is 408 g/mol. The van der Waals surface area contributed by atoms with Crippen LogP contribution < -0.4 is 10.2 Å². The summed E-state index contributed by atoms with van der Waals surface area (Å²) in [5.41, 5.74) is 3.54. The van der Waals surface area contributed by atoms with Crippen molar-refractivity contribution in [1.82, 2.24) is 0 Å². The van der Waals surface area contributed by atoms with Crippen molar-refractivity contribution in [3.05, 3.63) is 58.6 Å². The molecule has 0 spiro atoms. The quantitative estimate of drug-likeness (QED) is 0.658. The Labute approximate surface area is 179 Å². The lowest BCUT2D eigenvalue weighted by molar-refractivity contribution is -0.121. The molecule has 1 saturated heterocycles. The Morgan fingerprint density at radius 1 is 1.10 bits per heavy atom. The van der Waals surface area contributed by atoms with Crippen molar-refractivity contribution in [2.24, 2.45) is 0 Å². The van der Waals surface area contributed by atoms with Gasteiger partial charge in [0.05, 0.1) is 16.7 Å². The van der Waals surface area contributed by atoms with Crippen LogP contribution in [0.3, 0.4) is 0 Å². The number of nitrogens with one attached hydrogen (secondary N) is 1. The molecule has 5 nitrogen and oxygen atoms in total. The predicted octanol–water partition coefficient (Wildman–Crippen LogP) is 4.47. The summed E-state index contributed by atoms with van der Waals surface area (Å²) in [4.78, 5) is 38.7. The van der Waals surface area contributed by atoms with E-state index in [0.717, 1.165) is 29.7 Å². The lowest BCUT2D eigenvalue weighted by Crippen LogP contribution is -2.31. The number of thioether (sulfide) groups is 1. The van der Waals surface area contributed by atoms with E-state index >= 15 is 0 Å². The minimum absolute atomic E-state index is 0.0885. The average molecular weight is 431 g/mol. The van der Waals surface area contributed by atoms with Crippen molar-refractivity contribution >= 4 is 52.5 Å². The molecule has 0 bridgehead atoms. The number of halogens is 1. The number of carbonyl (C=O) groups excluding carboxylic acids is 3. The van der Waals surface area contributed by atoms with E-state index in [-0.39, 0.29) is 29.9 Å². The Morgan fingerprint density at radius 3 is 2.31 bits per heavy atom. The molecule has 29 heavy (non-hydrogen) atoms. The van der Waals surface area contributed by atoms with Gasteiger partial charge < -0.3 is 5.32 Å². The smallest absolute Gasteiger partial charge is 0.247 e. The van der Waals surface area contributed by atoms with Gasteiger partial charge in [0.1, 0.15) is 0 Å². The number of nitrogens with zero attached hydrogens (tertiary/aromatic N) is 1. The molecular formula is C22H23ClN2O3S. The molecule has 1 unspecified atom stereocenters. The summed E-state index contributed by atoms with van der Waals surface area (Å²) < 4.78 is 0. The third-order valence-electron chi connectivity index (χ3n) is 4.87. The molecule has 2 aromatic rings. The van der Waals surface area contributed by atoms with E-state index in [1.807, 2.05) is 32.0 Å². The van der Waals surface area contributed by atoms with E-state index < -0.39 is 5.25 Å². The second kappa shape index (κ2) is 9.46. The summed E-state index contributed by atoms with van der Waals surface area (Å²) in [6.07, 6.45) is 1.73. The van der Waals surface area contributed by atoms with Crippen LogP contribution in [-0.2, 0) is 27.2 Å². The normalized spacial score (nSPS) is 16.4. The zero-order valence-electron chi connectivity index (χ0n) is 16.4. The van der Waals surface area contributed by atoms with E-state index in [2.05, 4.69) is 5.32 Å². The molecule has 1 atom stereocenters. The first kappa shape index (κ1) is 21.4. The first-order valence-corrected chi connectivity index (χ1v) is 11.0. The number of imide groups is 1. The van der Waals surface area contributed by atoms with E-state index in [4.69, 9.17) is 11.6 Å². The molecule has 0 aliphatic carbocycles. The van der Waals surface area contributed by atoms with Gasteiger partial charge in [-0.2, -0.15) is 0 Å². The Morgan fingerprint density at radius 2 is 1.72 bits per heavy atom. The summed E-state index contributed by atoms with van der Waals surface area (Å²) in [7, 11) is 0. The van der Waals surface area contributed by atoms with Crippen LogP contribution in [-0.4, -0.2) is 28.7 Å². The van der Waals surface area contributed by atoms with Gasteiger partial charge in [-0.1, -0.05) is 43.6 Å². The average Bonchev–Trinajstić information content (AvgIpc) is 3.00. The highest BCUT2D eigenvalue weighted by Gasteiger charge is 2.40. The van der Waals surface area contributed by atoms with Crippen LogP contribution >= 0.6 is 23.4 Å². The van der Waals surface area contributed by atoms with Gasteiger partial charge in [-0.25, -0.2) is 4.90 Å². The van der Waals surface area contributed by atoms with Crippen LogP contribution in [0.15, 0.2) is 42.5 Å². The second-order valence-corrected chi connectivity index (χ2v) is 8.38. The van der Waals surface area contributed by atoms with Crippen LogP contribution in [0, 0.1) is 0 Å². The van der Waals surface area contributed by atoms with Gasteiger partial charge in [0, 0.05) is 17.1 Å². The van der Waals surface area contributed by atoms with Gasteiger partial charge in [0.25, 0.3) is 0 Å².